The SMILES string of the molecule is C=C(COc1ccc(C)cc1)C(=O)O. The molecule has 0 bridgehead atoms. The fourth-order valence-corrected chi connectivity index (χ4v) is 0.867. The molecule has 0 atom stereocenters. The van der Waals surface area contributed by atoms with Crippen molar-refractivity contribution in [1.82, 2.24) is 0 Å². The zero-order chi connectivity index (χ0) is 10.6. The van der Waals surface area contributed by atoms with Crippen LogP contribution < -0.4 is 4.74 Å². The maximum Gasteiger partial charge on any atom is 0.334 e. The van der Waals surface area contributed by atoms with Crippen molar-refractivity contribution in [1.29, 1.82) is 0 Å². The Labute approximate surface area is 82.6 Å². The predicted molar refractivity (Wildman–Crippen MR) is 53.4 cm³/mol. The first kappa shape index (κ1) is 10.3. The number of rotatable bonds is 4. The Kier molecular flexibility index (Phi) is 3.29. The van der Waals surface area contributed by atoms with Crippen molar-refractivity contribution in [3.63, 3.8) is 0 Å². The van der Waals surface area contributed by atoms with Gasteiger partial charge in [-0.05, 0) is 19.1 Å². The highest BCUT2D eigenvalue weighted by Crippen LogP contribution is 2.11. The fourth-order valence-electron chi connectivity index (χ4n) is 0.867. The molecule has 0 aliphatic carbocycles. The van der Waals surface area contributed by atoms with Gasteiger partial charge in [0, 0.05) is 0 Å². The lowest BCUT2D eigenvalue weighted by atomic mass is 10.2. The number of benzene rings is 1. The molecule has 0 aliphatic rings. The molecule has 3 heteroatoms. The van der Waals surface area contributed by atoms with Crippen molar-refractivity contribution < 1.29 is 14.6 Å². The molecule has 1 rings (SSSR count). The van der Waals surface area contributed by atoms with Crippen molar-refractivity contribution >= 4 is 5.97 Å². The Balaban J connectivity index is 2.50. The van der Waals surface area contributed by atoms with Gasteiger partial charge in [0.05, 0.1) is 5.57 Å². The van der Waals surface area contributed by atoms with E-state index in [9.17, 15) is 4.79 Å². The lowest BCUT2D eigenvalue weighted by molar-refractivity contribution is -0.133. The summed E-state index contributed by atoms with van der Waals surface area (Å²) < 4.78 is 5.20. The van der Waals surface area contributed by atoms with Crippen LogP contribution in [0.25, 0.3) is 0 Å². The van der Waals surface area contributed by atoms with Gasteiger partial charge in [-0.15, -0.1) is 0 Å². The van der Waals surface area contributed by atoms with Gasteiger partial charge in [-0.25, -0.2) is 4.79 Å². The van der Waals surface area contributed by atoms with Crippen molar-refractivity contribution in [3.8, 4) is 5.75 Å². The molecule has 1 aromatic carbocycles. The van der Waals surface area contributed by atoms with Crippen LogP contribution in [-0.2, 0) is 4.79 Å². The highest BCUT2D eigenvalue weighted by molar-refractivity contribution is 5.86. The van der Waals surface area contributed by atoms with Gasteiger partial charge in [-0.1, -0.05) is 24.3 Å². The van der Waals surface area contributed by atoms with Crippen LogP contribution in [0.2, 0.25) is 0 Å². The van der Waals surface area contributed by atoms with Gasteiger partial charge in [-0.3, -0.25) is 0 Å². The Bertz CT molecular complexity index is 338. The molecule has 1 N–H and O–H groups in total. The molecule has 1 aromatic rings. The van der Waals surface area contributed by atoms with Gasteiger partial charge < -0.3 is 9.84 Å². The van der Waals surface area contributed by atoms with E-state index in [4.69, 9.17) is 9.84 Å². The molecule has 3 nitrogen and oxygen atoms in total. The van der Waals surface area contributed by atoms with Crippen LogP contribution in [-0.4, -0.2) is 17.7 Å². The molecule has 0 fully saturated rings. The molecule has 0 saturated carbocycles. The monoisotopic (exact) mass is 192 g/mol. The summed E-state index contributed by atoms with van der Waals surface area (Å²) in [5, 5.41) is 8.52. The summed E-state index contributed by atoms with van der Waals surface area (Å²) in [6.45, 7) is 5.35. The normalized spacial score (nSPS) is 9.50. The molecule has 0 heterocycles. The lowest BCUT2D eigenvalue weighted by Crippen LogP contribution is -2.08. The topological polar surface area (TPSA) is 46.5 Å². The molecule has 0 radical (unpaired) electrons. The number of hydrogen-bond donors (Lipinski definition) is 1. The summed E-state index contributed by atoms with van der Waals surface area (Å²) in [6, 6.07) is 7.40. The van der Waals surface area contributed by atoms with E-state index in [1.807, 2.05) is 19.1 Å². The zero-order valence-corrected chi connectivity index (χ0v) is 7.99. The number of carbonyl (C=O) groups is 1. The molecule has 0 spiro atoms. The molecule has 0 unspecified atom stereocenters. The van der Waals surface area contributed by atoms with Crippen molar-refractivity contribution in [2.24, 2.45) is 0 Å². The first-order chi connectivity index (χ1) is 6.59. The van der Waals surface area contributed by atoms with Crippen LogP contribution in [0.5, 0.6) is 5.75 Å². The first-order valence-electron chi connectivity index (χ1n) is 4.20. The largest absolute Gasteiger partial charge is 0.489 e. The molecular formula is C11H12O3. The second-order valence-electron chi connectivity index (χ2n) is 3.01. The lowest BCUT2D eigenvalue weighted by Gasteiger charge is -2.05. The standard InChI is InChI=1S/C11H12O3/c1-8-3-5-10(6-4-8)14-7-9(2)11(12)13/h3-6H,2,7H2,1H3,(H,12,13). The van der Waals surface area contributed by atoms with Gasteiger partial charge in [0.15, 0.2) is 0 Å². The average Bonchev–Trinajstić information content (AvgIpc) is 2.16. The van der Waals surface area contributed by atoms with E-state index in [0.717, 1.165) is 5.56 Å². The minimum absolute atomic E-state index is 0.0123. The second-order valence-corrected chi connectivity index (χ2v) is 3.01. The van der Waals surface area contributed by atoms with Crippen LogP contribution >= 0.6 is 0 Å². The minimum Gasteiger partial charge on any atom is -0.489 e. The maximum absolute atomic E-state index is 10.4. The average molecular weight is 192 g/mol. The molecule has 0 aromatic heterocycles. The van der Waals surface area contributed by atoms with Crippen molar-refractivity contribution in [2.45, 2.75) is 6.92 Å². The van der Waals surface area contributed by atoms with Crippen LogP contribution in [0.4, 0.5) is 0 Å². The third-order valence-electron chi connectivity index (χ3n) is 1.74. The minimum atomic E-state index is -1.03. The third kappa shape index (κ3) is 2.94. The van der Waals surface area contributed by atoms with Crippen LogP contribution in [0.3, 0.4) is 0 Å². The molecule has 0 amide bonds. The molecule has 0 aliphatic heterocycles. The maximum atomic E-state index is 10.4. The zero-order valence-electron chi connectivity index (χ0n) is 7.99. The smallest absolute Gasteiger partial charge is 0.334 e. The van der Waals surface area contributed by atoms with E-state index in [1.165, 1.54) is 0 Å². The summed E-state index contributed by atoms with van der Waals surface area (Å²) >= 11 is 0. The fraction of sp³-hybridized carbons (Fsp3) is 0.182. The summed E-state index contributed by atoms with van der Waals surface area (Å²) in [5.41, 5.74) is 1.18. The van der Waals surface area contributed by atoms with Crippen molar-refractivity contribution in [2.75, 3.05) is 6.61 Å². The van der Waals surface area contributed by atoms with E-state index in [0.29, 0.717) is 5.75 Å². The number of carboxylic acids is 1. The molecule has 74 valence electrons. The predicted octanol–water partition coefficient (Wildman–Crippen LogP) is 2.01. The Hall–Kier alpha value is -1.77. The third-order valence-corrected chi connectivity index (χ3v) is 1.74. The van der Waals surface area contributed by atoms with Crippen LogP contribution in [0.15, 0.2) is 36.4 Å². The quantitative estimate of drug-likeness (QED) is 0.742. The van der Waals surface area contributed by atoms with E-state index < -0.39 is 5.97 Å². The van der Waals surface area contributed by atoms with Gasteiger partial charge in [0.25, 0.3) is 0 Å². The number of hydrogen-bond acceptors (Lipinski definition) is 2. The molecule has 14 heavy (non-hydrogen) atoms. The van der Waals surface area contributed by atoms with E-state index in [1.54, 1.807) is 12.1 Å². The highest BCUT2D eigenvalue weighted by atomic mass is 16.5. The summed E-state index contributed by atoms with van der Waals surface area (Å²) in [5.74, 6) is -0.380. The Morgan fingerprint density at radius 1 is 1.43 bits per heavy atom. The first-order valence-corrected chi connectivity index (χ1v) is 4.20. The van der Waals surface area contributed by atoms with E-state index >= 15 is 0 Å². The summed E-state index contributed by atoms with van der Waals surface area (Å²) in [7, 11) is 0. The number of aliphatic carboxylic acids is 1. The molecule has 0 saturated heterocycles. The van der Waals surface area contributed by atoms with Crippen molar-refractivity contribution in [3.05, 3.63) is 42.0 Å². The van der Waals surface area contributed by atoms with E-state index in [2.05, 4.69) is 6.58 Å². The Morgan fingerprint density at radius 3 is 2.50 bits per heavy atom. The Morgan fingerprint density at radius 2 is 2.00 bits per heavy atom. The number of carboxylic acid groups (broad SMARTS) is 1. The van der Waals surface area contributed by atoms with Gasteiger partial charge in [-0.2, -0.15) is 0 Å². The second kappa shape index (κ2) is 4.46. The van der Waals surface area contributed by atoms with Gasteiger partial charge in [0.1, 0.15) is 12.4 Å². The van der Waals surface area contributed by atoms with Crippen LogP contribution in [0.1, 0.15) is 5.56 Å². The summed E-state index contributed by atoms with van der Waals surface area (Å²) in [6.07, 6.45) is 0. The number of ether oxygens (including phenoxy) is 1. The van der Waals surface area contributed by atoms with Crippen LogP contribution in [0, 0.1) is 6.92 Å². The highest BCUT2D eigenvalue weighted by Gasteiger charge is 2.03. The van der Waals surface area contributed by atoms with Gasteiger partial charge >= 0.3 is 5.97 Å². The van der Waals surface area contributed by atoms with E-state index in [-0.39, 0.29) is 12.2 Å². The van der Waals surface area contributed by atoms with Gasteiger partial charge in [0.2, 0.25) is 0 Å². The molecular weight excluding hydrogens is 180 g/mol. The number of aryl methyl sites for hydroxylation is 1. The summed E-state index contributed by atoms with van der Waals surface area (Å²) in [4.78, 5) is 10.4.